The summed E-state index contributed by atoms with van der Waals surface area (Å²) in [6.07, 6.45) is 2.02. The Bertz CT molecular complexity index is 1410. The van der Waals surface area contributed by atoms with E-state index in [-0.39, 0.29) is 6.03 Å². The molecule has 0 aliphatic carbocycles. The van der Waals surface area contributed by atoms with Crippen molar-refractivity contribution in [1.82, 2.24) is 15.5 Å². The number of hydrogen-bond donors (Lipinski definition) is 1. The number of hydrogen-bond acceptors (Lipinski definition) is 6. The Kier molecular flexibility index (Phi) is 6.52. The molecule has 0 spiro atoms. The number of rotatable bonds is 6. The molecule has 0 saturated heterocycles. The summed E-state index contributed by atoms with van der Waals surface area (Å²) in [4.78, 5) is 20.9. The summed E-state index contributed by atoms with van der Waals surface area (Å²) in [6.45, 7) is 3.94. The maximum atomic E-state index is 13.4. The zero-order chi connectivity index (χ0) is 25.2. The molecule has 4 aromatic rings. The number of nitrogens with one attached hydrogen (secondary N) is 1. The van der Waals surface area contributed by atoms with Crippen LogP contribution in [0.1, 0.15) is 30.0 Å². The second-order valence-corrected chi connectivity index (χ2v) is 9.36. The highest BCUT2D eigenvalue weighted by Crippen LogP contribution is 2.39. The summed E-state index contributed by atoms with van der Waals surface area (Å²) >= 11 is 1.65. The molecule has 3 aromatic carbocycles. The standard InChI is InChI=1S/C28H26N4O3S/c1-17-5-7-19(8-6-17)25-24(27-30-26(31-35-27)20-9-13-22(34-3)14-10-20)18(2)32(28(33)29-25)21-11-15-23(36-4)16-12-21/h5-16,25H,1-4H3,(H,29,33). The number of anilines is 1. The average molecular weight is 499 g/mol. The van der Waals surface area contributed by atoms with Crippen LogP contribution in [0.5, 0.6) is 5.75 Å². The minimum absolute atomic E-state index is 0.214. The van der Waals surface area contributed by atoms with Gasteiger partial charge in [0.1, 0.15) is 5.75 Å². The van der Waals surface area contributed by atoms with Crippen molar-refractivity contribution < 1.29 is 14.1 Å². The van der Waals surface area contributed by atoms with Gasteiger partial charge in [-0.3, -0.25) is 4.90 Å². The summed E-state index contributed by atoms with van der Waals surface area (Å²) in [5, 5.41) is 7.39. The first-order valence-corrected chi connectivity index (χ1v) is 12.7. The number of carbonyl (C=O) groups excluding carboxylic acids is 1. The molecule has 5 rings (SSSR count). The number of nitrogens with zero attached hydrogens (tertiary/aromatic N) is 3. The van der Waals surface area contributed by atoms with Gasteiger partial charge in [0.05, 0.1) is 24.4 Å². The quantitative estimate of drug-likeness (QED) is 0.307. The largest absolute Gasteiger partial charge is 0.497 e. The molecular weight excluding hydrogens is 472 g/mol. The van der Waals surface area contributed by atoms with Crippen LogP contribution in [0.25, 0.3) is 17.0 Å². The monoisotopic (exact) mass is 498 g/mol. The lowest BCUT2D eigenvalue weighted by molar-refractivity contribution is 0.244. The molecule has 1 aliphatic rings. The number of ether oxygens (including phenoxy) is 1. The van der Waals surface area contributed by atoms with Gasteiger partial charge in [0, 0.05) is 16.2 Å². The van der Waals surface area contributed by atoms with Gasteiger partial charge >= 0.3 is 6.03 Å². The average Bonchev–Trinajstić information content (AvgIpc) is 3.39. The van der Waals surface area contributed by atoms with Crippen molar-refractivity contribution in [2.45, 2.75) is 24.8 Å². The van der Waals surface area contributed by atoms with Crippen LogP contribution in [-0.4, -0.2) is 29.5 Å². The van der Waals surface area contributed by atoms with Crippen molar-refractivity contribution in [3.63, 3.8) is 0 Å². The van der Waals surface area contributed by atoms with Crippen LogP contribution in [0.15, 0.2) is 87.9 Å². The lowest BCUT2D eigenvalue weighted by atomic mass is 9.94. The third kappa shape index (κ3) is 4.47. The first-order valence-electron chi connectivity index (χ1n) is 11.5. The van der Waals surface area contributed by atoms with Crippen molar-refractivity contribution >= 4 is 29.1 Å². The van der Waals surface area contributed by atoms with E-state index in [0.29, 0.717) is 11.7 Å². The number of methoxy groups -OCH3 is 1. The Morgan fingerprint density at radius 2 is 1.67 bits per heavy atom. The summed E-state index contributed by atoms with van der Waals surface area (Å²) < 4.78 is 11.0. The fourth-order valence-electron chi connectivity index (χ4n) is 4.26. The molecule has 182 valence electrons. The Morgan fingerprint density at radius 3 is 2.31 bits per heavy atom. The maximum Gasteiger partial charge on any atom is 0.326 e. The van der Waals surface area contributed by atoms with Gasteiger partial charge in [0.25, 0.3) is 5.89 Å². The predicted octanol–water partition coefficient (Wildman–Crippen LogP) is 6.48. The van der Waals surface area contributed by atoms with Gasteiger partial charge < -0.3 is 14.6 Å². The molecule has 36 heavy (non-hydrogen) atoms. The minimum Gasteiger partial charge on any atom is -0.497 e. The SMILES string of the molecule is COc1ccc(-c2noc(C3=C(C)N(c4ccc(SC)cc4)C(=O)NC3c3ccc(C)cc3)n2)cc1. The Morgan fingerprint density at radius 1 is 0.972 bits per heavy atom. The van der Waals surface area contributed by atoms with Gasteiger partial charge in [-0.1, -0.05) is 35.0 Å². The first-order chi connectivity index (χ1) is 17.5. The second kappa shape index (κ2) is 9.91. The lowest BCUT2D eigenvalue weighted by Crippen LogP contribution is -2.46. The van der Waals surface area contributed by atoms with E-state index >= 15 is 0 Å². The van der Waals surface area contributed by atoms with Crippen molar-refractivity contribution in [2.24, 2.45) is 0 Å². The zero-order valence-corrected chi connectivity index (χ0v) is 21.3. The molecule has 2 heterocycles. The molecule has 0 bridgehead atoms. The Labute approximate surface area is 214 Å². The molecule has 0 fully saturated rings. The number of aromatic nitrogens is 2. The van der Waals surface area contributed by atoms with Crippen LogP contribution in [-0.2, 0) is 0 Å². The van der Waals surface area contributed by atoms with E-state index in [1.54, 1.807) is 23.8 Å². The highest BCUT2D eigenvalue weighted by Gasteiger charge is 2.36. The van der Waals surface area contributed by atoms with Crippen molar-refractivity contribution in [3.05, 3.63) is 95.5 Å². The summed E-state index contributed by atoms with van der Waals surface area (Å²) in [5.74, 6) is 1.57. The molecule has 0 saturated carbocycles. The van der Waals surface area contributed by atoms with Gasteiger partial charge in [-0.25, -0.2) is 4.79 Å². The summed E-state index contributed by atoms with van der Waals surface area (Å²) in [6, 6.07) is 22.8. The van der Waals surface area contributed by atoms with Crippen LogP contribution in [0, 0.1) is 6.92 Å². The third-order valence-corrected chi connectivity index (χ3v) is 6.97. The molecule has 7 nitrogen and oxygen atoms in total. The molecule has 1 atom stereocenters. The van der Waals surface area contributed by atoms with E-state index in [9.17, 15) is 4.79 Å². The van der Waals surface area contributed by atoms with Crippen molar-refractivity contribution in [2.75, 3.05) is 18.3 Å². The molecule has 0 radical (unpaired) electrons. The van der Waals surface area contributed by atoms with Gasteiger partial charge in [0.2, 0.25) is 5.82 Å². The fourth-order valence-corrected chi connectivity index (χ4v) is 4.67. The van der Waals surface area contributed by atoms with Crippen LogP contribution in [0.4, 0.5) is 10.5 Å². The Balaban J connectivity index is 1.61. The van der Waals surface area contributed by atoms with Gasteiger partial charge in [-0.05, 0) is 74.2 Å². The molecule has 1 aliphatic heterocycles. The normalized spacial score (nSPS) is 15.7. The number of urea groups is 1. The van der Waals surface area contributed by atoms with Crippen LogP contribution in [0.3, 0.4) is 0 Å². The molecule has 1 unspecified atom stereocenters. The topological polar surface area (TPSA) is 80.5 Å². The van der Waals surface area contributed by atoms with Crippen LogP contribution < -0.4 is 15.0 Å². The number of amides is 2. The maximum absolute atomic E-state index is 13.4. The zero-order valence-electron chi connectivity index (χ0n) is 20.5. The lowest BCUT2D eigenvalue weighted by Gasteiger charge is -2.35. The second-order valence-electron chi connectivity index (χ2n) is 8.48. The Hall–Kier alpha value is -4.04. The summed E-state index contributed by atoms with van der Waals surface area (Å²) in [7, 11) is 1.62. The predicted molar refractivity (Wildman–Crippen MR) is 142 cm³/mol. The van der Waals surface area contributed by atoms with Crippen LogP contribution >= 0.6 is 11.8 Å². The first kappa shape index (κ1) is 23.7. The highest BCUT2D eigenvalue weighted by atomic mass is 32.2. The van der Waals surface area contributed by atoms with Crippen molar-refractivity contribution in [3.8, 4) is 17.1 Å². The van der Waals surface area contributed by atoms with Crippen molar-refractivity contribution in [1.29, 1.82) is 0 Å². The number of carbonyl (C=O) groups is 1. The molecule has 1 aromatic heterocycles. The van der Waals surface area contributed by atoms with E-state index in [2.05, 4.69) is 10.5 Å². The van der Waals surface area contributed by atoms with Gasteiger partial charge in [-0.15, -0.1) is 11.8 Å². The van der Waals surface area contributed by atoms with E-state index in [0.717, 1.165) is 44.3 Å². The smallest absolute Gasteiger partial charge is 0.326 e. The molecule has 1 N–H and O–H groups in total. The molecule has 2 amide bonds. The molecule has 8 heteroatoms. The fraction of sp³-hybridized carbons (Fsp3) is 0.179. The number of benzene rings is 3. The van der Waals surface area contributed by atoms with E-state index in [4.69, 9.17) is 14.2 Å². The number of allylic oxidation sites excluding steroid dienone is 1. The van der Waals surface area contributed by atoms with E-state index in [1.165, 1.54) is 0 Å². The van der Waals surface area contributed by atoms with Gasteiger partial charge in [-0.2, -0.15) is 4.98 Å². The molecular formula is C28H26N4O3S. The van der Waals surface area contributed by atoms with Gasteiger partial charge in [0.15, 0.2) is 0 Å². The van der Waals surface area contributed by atoms with E-state index in [1.807, 2.05) is 92.9 Å². The highest BCUT2D eigenvalue weighted by molar-refractivity contribution is 7.98. The summed E-state index contributed by atoms with van der Waals surface area (Å²) in [5.41, 5.74) is 5.12. The van der Waals surface area contributed by atoms with E-state index < -0.39 is 6.04 Å². The minimum atomic E-state index is -0.441. The number of thioether (sulfide) groups is 1. The number of aryl methyl sites for hydroxylation is 1. The van der Waals surface area contributed by atoms with Crippen LogP contribution in [0.2, 0.25) is 0 Å². The third-order valence-electron chi connectivity index (χ3n) is 6.23.